The Kier molecular flexibility index (Phi) is 3.14. The van der Waals surface area contributed by atoms with Crippen LogP contribution in [0.4, 0.5) is 0 Å². The van der Waals surface area contributed by atoms with Crippen molar-refractivity contribution in [3.63, 3.8) is 0 Å². The first-order valence-electron chi connectivity index (χ1n) is 6.24. The van der Waals surface area contributed by atoms with E-state index in [9.17, 15) is 9.90 Å². The second-order valence-corrected chi connectivity index (χ2v) is 5.82. The van der Waals surface area contributed by atoms with Crippen LogP contribution in [0.1, 0.15) is 33.3 Å². The van der Waals surface area contributed by atoms with E-state index in [1.807, 2.05) is 24.3 Å². The molecule has 0 saturated carbocycles. The van der Waals surface area contributed by atoms with Gasteiger partial charge in [-0.25, -0.2) is 4.79 Å². The molecule has 0 bridgehead atoms. The number of hydrogen-bond donors (Lipinski definition) is 2. The van der Waals surface area contributed by atoms with E-state index in [2.05, 4.69) is 4.98 Å². The van der Waals surface area contributed by atoms with E-state index in [1.54, 1.807) is 27.0 Å². The van der Waals surface area contributed by atoms with Gasteiger partial charge in [0, 0.05) is 22.7 Å². The number of fused-ring (bicyclic) bond motifs is 1. The molecule has 0 radical (unpaired) electrons. The van der Waals surface area contributed by atoms with Crippen LogP contribution in [0.5, 0.6) is 0 Å². The molecule has 0 fully saturated rings. The fourth-order valence-corrected chi connectivity index (χ4v) is 1.96. The highest BCUT2D eigenvalue weighted by Gasteiger charge is 2.38. The smallest absolute Gasteiger partial charge is 0.343 e. The maximum atomic E-state index is 12.1. The lowest BCUT2D eigenvalue weighted by atomic mass is 9.95. The zero-order valence-electron chi connectivity index (χ0n) is 11.7. The Balaban J connectivity index is 2.41. The molecular weight excluding hydrogens is 242 g/mol. The summed E-state index contributed by atoms with van der Waals surface area (Å²) in [5, 5.41) is 11.3. The molecule has 0 saturated heterocycles. The number of para-hydroxylation sites is 1. The first-order chi connectivity index (χ1) is 8.72. The first kappa shape index (κ1) is 13.6. The number of hydrogen-bond acceptors (Lipinski definition) is 3. The van der Waals surface area contributed by atoms with Crippen LogP contribution < -0.4 is 0 Å². The molecular formula is C15H19NO3. The quantitative estimate of drug-likeness (QED) is 0.817. The highest BCUT2D eigenvalue weighted by molar-refractivity contribution is 5.91. The van der Waals surface area contributed by atoms with Gasteiger partial charge in [-0.05, 0) is 33.8 Å². The van der Waals surface area contributed by atoms with E-state index >= 15 is 0 Å². The topological polar surface area (TPSA) is 62.3 Å². The molecule has 0 aliphatic carbocycles. The molecule has 0 amide bonds. The molecule has 19 heavy (non-hydrogen) atoms. The van der Waals surface area contributed by atoms with Gasteiger partial charge in [0.2, 0.25) is 0 Å². The average molecular weight is 261 g/mol. The minimum absolute atomic E-state index is 0.525. The number of carbonyl (C=O) groups excluding carboxylic acids is 1. The molecule has 1 atom stereocenters. The lowest BCUT2D eigenvalue weighted by molar-refractivity contribution is -0.176. The zero-order valence-corrected chi connectivity index (χ0v) is 11.7. The van der Waals surface area contributed by atoms with Gasteiger partial charge >= 0.3 is 5.97 Å². The minimum Gasteiger partial charge on any atom is -0.458 e. The van der Waals surface area contributed by atoms with Crippen LogP contribution in [-0.4, -0.2) is 21.7 Å². The maximum absolute atomic E-state index is 12.1. The number of carbonyl (C=O) groups is 1. The Hall–Kier alpha value is -1.81. The van der Waals surface area contributed by atoms with E-state index in [-0.39, 0.29) is 0 Å². The molecule has 1 aromatic heterocycles. The van der Waals surface area contributed by atoms with Crippen molar-refractivity contribution in [1.82, 2.24) is 4.98 Å². The maximum Gasteiger partial charge on any atom is 0.343 e. The number of aromatic nitrogens is 1. The fourth-order valence-electron chi connectivity index (χ4n) is 1.96. The van der Waals surface area contributed by atoms with Gasteiger partial charge in [0.05, 0.1) is 0 Å². The van der Waals surface area contributed by atoms with Crippen molar-refractivity contribution in [2.24, 2.45) is 0 Å². The standard InChI is InChI=1S/C15H19NO3/c1-14(2,3)19-13(17)15(4,18)11-9-16-12-8-6-5-7-10(11)12/h5-9,16,18H,1-4H3. The highest BCUT2D eigenvalue weighted by Crippen LogP contribution is 2.30. The van der Waals surface area contributed by atoms with Gasteiger partial charge in [0.1, 0.15) is 5.60 Å². The van der Waals surface area contributed by atoms with Crippen LogP contribution >= 0.6 is 0 Å². The molecule has 1 unspecified atom stereocenters. The number of H-pyrrole nitrogens is 1. The summed E-state index contributed by atoms with van der Waals surface area (Å²) < 4.78 is 5.27. The van der Waals surface area contributed by atoms with Crippen molar-refractivity contribution in [3.05, 3.63) is 36.0 Å². The summed E-state index contributed by atoms with van der Waals surface area (Å²) in [4.78, 5) is 15.2. The van der Waals surface area contributed by atoms with Crippen LogP contribution in [0.2, 0.25) is 0 Å². The van der Waals surface area contributed by atoms with E-state index < -0.39 is 17.2 Å². The SMILES string of the molecule is CC(C)(C)OC(=O)C(C)(O)c1c[nH]c2ccccc12. The van der Waals surface area contributed by atoms with Crippen LogP contribution in [0, 0.1) is 0 Å². The number of nitrogens with one attached hydrogen (secondary N) is 1. The summed E-state index contributed by atoms with van der Waals surface area (Å²) in [6.07, 6.45) is 1.65. The molecule has 2 rings (SSSR count). The number of aromatic amines is 1. The van der Waals surface area contributed by atoms with Crippen LogP contribution in [0.25, 0.3) is 10.9 Å². The molecule has 1 heterocycles. The van der Waals surface area contributed by atoms with Crippen molar-refractivity contribution in [2.45, 2.75) is 38.9 Å². The predicted octanol–water partition coefficient (Wildman–Crippen LogP) is 2.72. The monoisotopic (exact) mass is 261 g/mol. The molecule has 0 aliphatic heterocycles. The van der Waals surface area contributed by atoms with Gasteiger partial charge in [-0.1, -0.05) is 18.2 Å². The van der Waals surface area contributed by atoms with Crippen molar-refractivity contribution in [1.29, 1.82) is 0 Å². The lowest BCUT2D eigenvalue weighted by Gasteiger charge is -2.27. The number of aliphatic hydroxyl groups is 1. The largest absolute Gasteiger partial charge is 0.458 e. The Labute approximate surface area is 112 Å². The summed E-state index contributed by atoms with van der Waals surface area (Å²) in [7, 11) is 0. The molecule has 0 aliphatic rings. The molecule has 4 nitrogen and oxygen atoms in total. The second-order valence-electron chi connectivity index (χ2n) is 5.82. The molecule has 0 spiro atoms. The van der Waals surface area contributed by atoms with Gasteiger partial charge in [-0.2, -0.15) is 0 Å². The van der Waals surface area contributed by atoms with Crippen molar-refractivity contribution in [2.75, 3.05) is 0 Å². The van der Waals surface area contributed by atoms with Crippen molar-refractivity contribution < 1.29 is 14.6 Å². The van der Waals surface area contributed by atoms with E-state index in [1.165, 1.54) is 6.92 Å². The van der Waals surface area contributed by atoms with Crippen molar-refractivity contribution >= 4 is 16.9 Å². The highest BCUT2D eigenvalue weighted by atomic mass is 16.6. The second kappa shape index (κ2) is 4.38. The van der Waals surface area contributed by atoms with E-state index in [0.717, 1.165) is 10.9 Å². The summed E-state index contributed by atoms with van der Waals surface area (Å²) in [6.45, 7) is 6.78. The van der Waals surface area contributed by atoms with E-state index in [4.69, 9.17) is 4.74 Å². The number of benzene rings is 1. The molecule has 1 aromatic carbocycles. The third kappa shape index (κ3) is 2.63. The summed E-state index contributed by atoms with van der Waals surface area (Å²) in [5.41, 5.74) is -0.904. The third-order valence-electron chi connectivity index (χ3n) is 2.91. The normalized spacial score (nSPS) is 15.2. The summed E-state index contributed by atoms with van der Waals surface area (Å²) >= 11 is 0. The number of esters is 1. The molecule has 102 valence electrons. The predicted molar refractivity (Wildman–Crippen MR) is 73.7 cm³/mol. The van der Waals surface area contributed by atoms with Crippen molar-refractivity contribution in [3.8, 4) is 0 Å². The van der Waals surface area contributed by atoms with Gasteiger partial charge in [0.25, 0.3) is 0 Å². The van der Waals surface area contributed by atoms with Crippen LogP contribution in [0.3, 0.4) is 0 Å². The van der Waals surface area contributed by atoms with E-state index in [0.29, 0.717) is 5.56 Å². The first-order valence-corrected chi connectivity index (χ1v) is 6.24. The van der Waals surface area contributed by atoms with Gasteiger partial charge in [-0.15, -0.1) is 0 Å². The molecule has 4 heteroatoms. The number of ether oxygens (including phenoxy) is 1. The Morgan fingerprint density at radius 2 is 1.84 bits per heavy atom. The zero-order chi connectivity index (χ0) is 14.3. The minimum atomic E-state index is -1.67. The Morgan fingerprint density at radius 3 is 2.47 bits per heavy atom. The fraction of sp³-hybridized carbons (Fsp3) is 0.400. The Morgan fingerprint density at radius 1 is 1.21 bits per heavy atom. The number of rotatable bonds is 2. The van der Waals surface area contributed by atoms with Gasteiger partial charge in [-0.3, -0.25) is 0 Å². The lowest BCUT2D eigenvalue weighted by Crippen LogP contribution is -2.38. The van der Waals surface area contributed by atoms with Gasteiger partial charge in [0.15, 0.2) is 5.60 Å². The third-order valence-corrected chi connectivity index (χ3v) is 2.91. The summed E-state index contributed by atoms with van der Waals surface area (Å²) in [5.74, 6) is -0.648. The van der Waals surface area contributed by atoms with Crippen LogP contribution in [0.15, 0.2) is 30.5 Å². The van der Waals surface area contributed by atoms with Crippen LogP contribution in [-0.2, 0) is 15.1 Å². The Bertz CT molecular complexity index is 605. The van der Waals surface area contributed by atoms with Gasteiger partial charge < -0.3 is 14.8 Å². The average Bonchev–Trinajstić information content (AvgIpc) is 2.70. The molecule has 2 N–H and O–H groups in total. The summed E-state index contributed by atoms with van der Waals surface area (Å²) in [6, 6.07) is 7.51. The molecule has 2 aromatic rings.